The van der Waals surface area contributed by atoms with Crippen molar-refractivity contribution >= 4 is 75.8 Å². The van der Waals surface area contributed by atoms with Gasteiger partial charge in [-0.05, 0) is 48.7 Å². The van der Waals surface area contributed by atoms with Crippen LogP contribution in [0.2, 0.25) is 0 Å². The zero-order chi connectivity index (χ0) is 34.2. The second-order valence-corrected chi connectivity index (χ2v) is 12.1. The van der Waals surface area contributed by atoms with Gasteiger partial charge in [0, 0.05) is 32.6 Å². The lowest BCUT2D eigenvalue weighted by Crippen LogP contribution is -2.61. The van der Waals surface area contributed by atoms with Gasteiger partial charge in [-0.25, -0.2) is 9.79 Å². The molecule has 1 saturated heterocycles. The molecule has 0 radical (unpaired) electrons. The topological polar surface area (TPSA) is 173 Å². The lowest BCUT2D eigenvalue weighted by Gasteiger charge is -2.44. The molecule has 1 fully saturated rings. The van der Waals surface area contributed by atoms with Crippen LogP contribution in [0.5, 0.6) is 0 Å². The molecule has 14 nitrogen and oxygen atoms in total. The second kappa shape index (κ2) is 15.8. The Labute approximate surface area is 278 Å². The predicted octanol–water partition coefficient (Wildman–Crippen LogP) is 3.48. The van der Waals surface area contributed by atoms with Crippen LogP contribution in [-0.4, -0.2) is 84.0 Å². The molecule has 250 valence electrons. The SMILES string of the molecule is CCOC(=O)c1ccc(N2C(=O)/C(=C/c3cccs3)N=C2S[C@@H]2O[C@H](COC(C)=O)[C@@H](OC(C)=O)[C@H](OC(C)=O)[C@H]2OC(C)=O)cc1. The number of ether oxygens (including phenoxy) is 6. The first kappa shape index (κ1) is 35.3. The predicted molar refractivity (Wildman–Crippen MR) is 169 cm³/mol. The van der Waals surface area contributed by atoms with E-state index in [4.69, 9.17) is 28.4 Å². The molecule has 4 rings (SSSR count). The summed E-state index contributed by atoms with van der Waals surface area (Å²) in [5, 5.41) is 1.93. The Morgan fingerprint density at radius 2 is 1.53 bits per heavy atom. The third-order valence-corrected chi connectivity index (χ3v) is 8.37. The number of thiophene rings is 1. The largest absolute Gasteiger partial charge is 0.463 e. The van der Waals surface area contributed by atoms with E-state index in [1.54, 1.807) is 25.1 Å². The molecule has 2 aliphatic rings. The fourth-order valence-corrected chi connectivity index (χ4v) is 6.51. The van der Waals surface area contributed by atoms with Gasteiger partial charge in [0.05, 0.1) is 17.9 Å². The number of thioether (sulfide) groups is 1. The number of hydrogen-bond acceptors (Lipinski definition) is 15. The van der Waals surface area contributed by atoms with Crippen molar-refractivity contribution < 1.29 is 57.2 Å². The standard InChI is InChI=1S/C31H32N2O12S2/c1-6-40-29(39)20-9-11-21(12-10-20)33-28(38)23(14-22-8-7-13-46-22)32-31(33)47-30-27(44-19(5)37)26(43-18(4)36)25(42-17(3)35)24(45-30)15-41-16(2)34/h7-14,24-27,30H,6,15H2,1-5H3/b23-14-/t24-,25-,26+,27-,30+/m1/s1. The maximum atomic E-state index is 13.8. The summed E-state index contributed by atoms with van der Waals surface area (Å²) >= 11 is 2.26. The van der Waals surface area contributed by atoms with E-state index in [9.17, 15) is 28.8 Å². The number of nitrogens with zero attached hydrogens (tertiary/aromatic N) is 2. The van der Waals surface area contributed by atoms with Crippen LogP contribution in [-0.2, 0) is 52.4 Å². The first-order chi connectivity index (χ1) is 22.4. The van der Waals surface area contributed by atoms with E-state index in [-0.39, 0.29) is 23.0 Å². The van der Waals surface area contributed by atoms with E-state index < -0.39 is 72.2 Å². The number of esters is 5. The van der Waals surface area contributed by atoms with E-state index in [2.05, 4.69) is 4.99 Å². The van der Waals surface area contributed by atoms with Gasteiger partial charge in [0.2, 0.25) is 0 Å². The summed E-state index contributed by atoms with van der Waals surface area (Å²) in [5.41, 5.74) is -0.545. The van der Waals surface area contributed by atoms with Gasteiger partial charge in [0.15, 0.2) is 28.9 Å². The fraction of sp³-hybridized carbons (Fsp3) is 0.387. The van der Waals surface area contributed by atoms with E-state index in [0.29, 0.717) is 5.69 Å². The number of carbonyl (C=O) groups is 6. The summed E-state index contributed by atoms with van der Waals surface area (Å²) in [6, 6.07) is 9.71. The van der Waals surface area contributed by atoms with Gasteiger partial charge in [-0.1, -0.05) is 17.8 Å². The number of rotatable bonds is 10. The van der Waals surface area contributed by atoms with Crippen molar-refractivity contribution in [2.45, 2.75) is 64.5 Å². The summed E-state index contributed by atoms with van der Waals surface area (Å²) in [6.07, 6.45) is -3.70. The Hall–Kier alpha value is -4.54. The minimum Gasteiger partial charge on any atom is -0.463 e. The molecule has 1 aromatic heterocycles. The van der Waals surface area contributed by atoms with Crippen LogP contribution in [0.15, 0.2) is 52.5 Å². The number of amides is 1. The molecule has 1 aromatic carbocycles. The maximum absolute atomic E-state index is 13.8. The van der Waals surface area contributed by atoms with Crippen molar-refractivity contribution in [3.63, 3.8) is 0 Å². The Bertz CT molecular complexity index is 1570. The molecule has 0 N–H and O–H groups in total. The normalized spacial score (nSPS) is 23.1. The number of amidine groups is 1. The molecule has 3 heterocycles. The average molecular weight is 689 g/mol. The van der Waals surface area contributed by atoms with E-state index in [1.165, 1.54) is 35.3 Å². The number of carbonyl (C=O) groups excluding carboxylic acids is 6. The van der Waals surface area contributed by atoms with Crippen molar-refractivity contribution in [1.82, 2.24) is 0 Å². The number of hydrogen-bond donors (Lipinski definition) is 0. The Balaban J connectivity index is 1.78. The molecule has 0 unspecified atom stereocenters. The summed E-state index contributed by atoms with van der Waals surface area (Å²) in [4.78, 5) is 81.0. The Morgan fingerprint density at radius 3 is 2.11 bits per heavy atom. The van der Waals surface area contributed by atoms with Crippen LogP contribution in [0.4, 0.5) is 5.69 Å². The maximum Gasteiger partial charge on any atom is 0.338 e. The average Bonchev–Trinajstić information content (AvgIpc) is 3.62. The lowest BCUT2D eigenvalue weighted by molar-refractivity contribution is -0.237. The quantitative estimate of drug-likeness (QED) is 0.202. The highest BCUT2D eigenvalue weighted by molar-refractivity contribution is 8.14. The first-order valence-corrected chi connectivity index (χ1v) is 16.1. The minimum absolute atomic E-state index is 0.0788. The van der Waals surface area contributed by atoms with Crippen molar-refractivity contribution in [3.8, 4) is 0 Å². The molecule has 5 atom stereocenters. The smallest absolute Gasteiger partial charge is 0.338 e. The Kier molecular flexibility index (Phi) is 11.9. The van der Waals surface area contributed by atoms with Gasteiger partial charge >= 0.3 is 29.8 Å². The van der Waals surface area contributed by atoms with E-state index >= 15 is 0 Å². The first-order valence-electron chi connectivity index (χ1n) is 14.3. The molecule has 1 amide bonds. The highest BCUT2D eigenvalue weighted by Gasteiger charge is 2.53. The van der Waals surface area contributed by atoms with Gasteiger partial charge in [0.25, 0.3) is 5.91 Å². The van der Waals surface area contributed by atoms with Crippen LogP contribution in [0.1, 0.15) is 49.9 Å². The highest BCUT2D eigenvalue weighted by atomic mass is 32.2. The van der Waals surface area contributed by atoms with Crippen LogP contribution >= 0.6 is 23.1 Å². The van der Waals surface area contributed by atoms with E-state index in [1.807, 2.05) is 17.5 Å². The minimum atomic E-state index is -1.40. The van der Waals surface area contributed by atoms with Crippen LogP contribution in [0.25, 0.3) is 6.08 Å². The van der Waals surface area contributed by atoms with Gasteiger partial charge in [-0.3, -0.25) is 28.9 Å². The molecule has 0 bridgehead atoms. The summed E-state index contributed by atoms with van der Waals surface area (Å²) in [7, 11) is 0. The van der Waals surface area contributed by atoms with Crippen molar-refractivity contribution in [2.24, 2.45) is 4.99 Å². The summed E-state index contributed by atoms with van der Waals surface area (Å²) in [6.45, 7) is 6.01. The zero-order valence-corrected chi connectivity index (χ0v) is 27.7. The third kappa shape index (κ3) is 9.05. The highest BCUT2D eigenvalue weighted by Crippen LogP contribution is 2.39. The van der Waals surface area contributed by atoms with Crippen molar-refractivity contribution in [3.05, 3.63) is 57.9 Å². The fourth-order valence-electron chi connectivity index (χ4n) is 4.66. The van der Waals surface area contributed by atoms with Crippen LogP contribution < -0.4 is 4.90 Å². The molecule has 16 heteroatoms. The third-order valence-electron chi connectivity index (χ3n) is 6.46. The summed E-state index contributed by atoms with van der Waals surface area (Å²) < 4.78 is 33.0. The van der Waals surface area contributed by atoms with Crippen molar-refractivity contribution in [2.75, 3.05) is 18.1 Å². The van der Waals surface area contributed by atoms with Gasteiger partial charge in [-0.2, -0.15) is 0 Å². The lowest BCUT2D eigenvalue weighted by atomic mass is 9.99. The molecule has 2 aliphatic heterocycles. The molecule has 0 aliphatic carbocycles. The molecule has 2 aromatic rings. The summed E-state index contributed by atoms with van der Waals surface area (Å²) in [5.74, 6) is -4.00. The number of benzene rings is 1. The molecule has 0 saturated carbocycles. The van der Waals surface area contributed by atoms with E-state index in [0.717, 1.165) is 37.4 Å². The molecule has 0 spiro atoms. The monoisotopic (exact) mass is 688 g/mol. The number of anilines is 1. The Morgan fingerprint density at radius 1 is 0.894 bits per heavy atom. The molecular formula is C31H32N2O12S2. The number of aliphatic imine (C=N–C) groups is 1. The van der Waals surface area contributed by atoms with Gasteiger partial charge < -0.3 is 28.4 Å². The van der Waals surface area contributed by atoms with Crippen LogP contribution in [0, 0.1) is 0 Å². The molecular weight excluding hydrogens is 656 g/mol. The van der Waals surface area contributed by atoms with Gasteiger partial charge in [0.1, 0.15) is 18.4 Å². The van der Waals surface area contributed by atoms with Crippen molar-refractivity contribution in [1.29, 1.82) is 0 Å². The molecule has 47 heavy (non-hydrogen) atoms. The second-order valence-electron chi connectivity index (χ2n) is 10.0. The van der Waals surface area contributed by atoms with Crippen LogP contribution in [0.3, 0.4) is 0 Å². The zero-order valence-electron chi connectivity index (χ0n) is 26.0. The van der Waals surface area contributed by atoms with Gasteiger partial charge in [-0.15, -0.1) is 11.3 Å².